The SMILES string of the molecule is O=C([O-])c1ccccc1[S-].[Co+2]. The van der Waals surface area contributed by atoms with Gasteiger partial charge in [-0.3, -0.25) is 0 Å². The van der Waals surface area contributed by atoms with E-state index >= 15 is 0 Å². The predicted molar refractivity (Wildman–Crippen MR) is 36.4 cm³/mol. The van der Waals surface area contributed by atoms with E-state index in [0.29, 0.717) is 4.90 Å². The van der Waals surface area contributed by atoms with Crippen LogP contribution in [0.5, 0.6) is 0 Å². The summed E-state index contributed by atoms with van der Waals surface area (Å²) in [6, 6.07) is 6.29. The fourth-order valence-corrected chi connectivity index (χ4v) is 0.865. The van der Waals surface area contributed by atoms with Crippen molar-refractivity contribution in [1.82, 2.24) is 0 Å². The monoisotopic (exact) mass is 211 g/mol. The minimum Gasteiger partial charge on any atom is -0.779 e. The Morgan fingerprint density at radius 1 is 1.36 bits per heavy atom. The molecule has 0 saturated heterocycles. The molecule has 1 aromatic carbocycles. The molecule has 2 nitrogen and oxygen atoms in total. The van der Waals surface area contributed by atoms with Crippen molar-refractivity contribution >= 4 is 18.6 Å². The Kier molecular flexibility index (Phi) is 4.10. The van der Waals surface area contributed by atoms with Crippen molar-refractivity contribution in [3.05, 3.63) is 29.8 Å². The van der Waals surface area contributed by atoms with Gasteiger partial charge in [-0.25, -0.2) is 0 Å². The first kappa shape index (κ1) is 10.4. The summed E-state index contributed by atoms with van der Waals surface area (Å²) >= 11 is 4.71. The molecule has 0 bridgehead atoms. The van der Waals surface area contributed by atoms with Crippen LogP contribution < -0.4 is 5.11 Å². The van der Waals surface area contributed by atoms with Crippen LogP contribution in [0, 0.1) is 0 Å². The molecule has 11 heavy (non-hydrogen) atoms. The molecule has 0 unspecified atom stereocenters. The standard InChI is InChI=1S/C7H6O2S.Co/c8-7(9)5-3-1-2-4-6(5)10;/h1-4,10H,(H,8,9);/q;+2/p-2. The fourth-order valence-electron chi connectivity index (χ4n) is 0.635. The Labute approximate surface area is 80.2 Å². The first-order valence-corrected chi connectivity index (χ1v) is 3.10. The topological polar surface area (TPSA) is 40.1 Å². The molecule has 0 aliphatic rings. The third-order valence-corrected chi connectivity index (χ3v) is 1.46. The van der Waals surface area contributed by atoms with E-state index in [0.717, 1.165) is 0 Å². The summed E-state index contributed by atoms with van der Waals surface area (Å²) in [5.41, 5.74) is 0.0810. The maximum Gasteiger partial charge on any atom is 2.00 e. The number of carboxylic acids is 1. The molecule has 0 heterocycles. The van der Waals surface area contributed by atoms with Crippen LogP contribution in [0.2, 0.25) is 0 Å². The minimum absolute atomic E-state index is 0. The summed E-state index contributed by atoms with van der Waals surface area (Å²) in [5, 5.41) is 10.2. The van der Waals surface area contributed by atoms with Crippen molar-refractivity contribution in [2.75, 3.05) is 0 Å². The molecule has 0 aliphatic heterocycles. The van der Waals surface area contributed by atoms with Crippen molar-refractivity contribution in [2.24, 2.45) is 0 Å². The van der Waals surface area contributed by atoms with Crippen molar-refractivity contribution in [3.8, 4) is 0 Å². The summed E-state index contributed by atoms with van der Waals surface area (Å²) in [6.07, 6.45) is 0. The van der Waals surface area contributed by atoms with Gasteiger partial charge in [0.2, 0.25) is 0 Å². The minimum atomic E-state index is -1.22. The second-order valence-corrected chi connectivity index (χ2v) is 2.22. The van der Waals surface area contributed by atoms with Crippen LogP contribution in [0.4, 0.5) is 0 Å². The van der Waals surface area contributed by atoms with Crippen LogP contribution in [-0.2, 0) is 29.4 Å². The van der Waals surface area contributed by atoms with Gasteiger partial charge in [0.05, 0.1) is 5.97 Å². The molecule has 0 fully saturated rings. The summed E-state index contributed by atoms with van der Waals surface area (Å²) in [4.78, 5) is 10.6. The van der Waals surface area contributed by atoms with E-state index in [9.17, 15) is 9.90 Å². The van der Waals surface area contributed by atoms with Gasteiger partial charge < -0.3 is 22.5 Å². The molecule has 0 amide bonds. The second kappa shape index (κ2) is 4.33. The van der Waals surface area contributed by atoms with Crippen LogP contribution in [0.3, 0.4) is 0 Å². The van der Waals surface area contributed by atoms with E-state index in [4.69, 9.17) is 12.6 Å². The van der Waals surface area contributed by atoms with E-state index in [1.165, 1.54) is 6.07 Å². The predicted octanol–water partition coefficient (Wildman–Crippen LogP) is -0.0466. The quantitative estimate of drug-likeness (QED) is 0.611. The van der Waals surface area contributed by atoms with Crippen LogP contribution in [0.15, 0.2) is 29.2 Å². The van der Waals surface area contributed by atoms with Crippen molar-refractivity contribution in [1.29, 1.82) is 0 Å². The van der Waals surface area contributed by atoms with E-state index in [2.05, 4.69) is 0 Å². The number of carbonyl (C=O) groups excluding carboxylic acids is 1. The molecule has 1 rings (SSSR count). The van der Waals surface area contributed by atoms with Crippen molar-refractivity contribution < 1.29 is 26.7 Å². The summed E-state index contributed by atoms with van der Waals surface area (Å²) < 4.78 is 0. The molecule has 0 N–H and O–H groups in total. The van der Waals surface area contributed by atoms with E-state index < -0.39 is 5.97 Å². The van der Waals surface area contributed by atoms with Gasteiger partial charge in [0.25, 0.3) is 0 Å². The zero-order chi connectivity index (χ0) is 7.56. The van der Waals surface area contributed by atoms with Gasteiger partial charge in [-0.05, 0) is 5.56 Å². The molecule has 1 aromatic rings. The molecule has 0 saturated carbocycles. The van der Waals surface area contributed by atoms with Crippen LogP contribution in [-0.4, -0.2) is 5.97 Å². The van der Waals surface area contributed by atoms with Gasteiger partial charge >= 0.3 is 16.8 Å². The zero-order valence-corrected chi connectivity index (χ0v) is 7.23. The second-order valence-electron chi connectivity index (χ2n) is 1.78. The third-order valence-electron chi connectivity index (χ3n) is 1.11. The molecular weight excluding hydrogens is 207 g/mol. The van der Waals surface area contributed by atoms with E-state index in [1.54, 1.807) is 18.2 Å². The van der Waals surface area contributed by atoms with E-state index in [1.807, 2.05) is 0 Å². The Hall–Kier alpha value is -0.584. The van der Waals surface area contributed by atoms with Gasteiger partial charge in [-0.15, -0.1) is 0 Å². The number of carboxylic acid groups (broad SMARTS) is 1. The van der Waals surface area contributed by atoms with Crippen LogP contribution in [0.1, 0.15) is 10.4 Å². The number of rotatable bonds is 1. The van der Waals surface area contributed by atoms with Gasteiger partial charge in [0.15, 0.2) is 0 Å². The maximum atomic E-state index is 10.2. The maximum absolute atomic E-state index is 10.2. The van der Waals surface area contributed by atoms with Crippen LogP contribution in [0.25, 0.3) is 0 Å². The Morgan fingerprint density at radius 2 is 1.91 bits per heavy atom. The molecule has 1 radical (unpaired) electrons. The first-order chi connectivity index (χ1) is 4.72. The molecule has 0 aromatic heterocycles. The van der Waals surface area contributed by atoms with Crippen LogP contribution >= 0.6 is 0 Å². The normalized spacial score (nSPS) is 8.36. The molecule has 4 heteroatoms. The Balaban J connectivity index is 0.000001000. The van der Waals surface area contributed by atoms with Crippen molar-refractivity contribution in [2.45, 2.75) is 4.90 Å². The largest absolute Gasteiger partial charge is 2.00 e. The average molecular weight is 211 g/mol. The first-order valence-electron chi connectivity index (χ1n) is 2.69. The van der Waals surface area contributed by atoms with Crippen molar-refractivity contribution in [3.63, 3.8) is 0 Å². The number of carbonyl (C=O) groups is 1. The number of aromatic carboxylic acids is 1. The Morgan fingerprint density at radius 3 is 2.27 bits per heavy atom. The molecule has 0 atom stereocenters. The smallest absolute Gasteiger partial charge is 0.779 e. The van der Waals surface area contributed by atoms with Gasteiger partial charge in [0, 0.05) is 0 Å². The molecule has 0 aliphatic carbocycles. The van der Waals surface area contributed by atoms with Gasteiger partial charge in [-0.1, -0.05) is 24.3 Å². The number of hydrogen-bond donors (Lipinski definition) is 0. The van der Waals surface area contributed by atoms with E-state index in [-0.39, 0.29) is 22.3 Å². The third kappa shape index (κ3) is 2.49. The molecule has 0 spiro atoms. The fraction of sp³-hybridized carbons (Fsp3) is 0. The van der Waals surface area contributed by atoms with Gasteiger partial charge in [0.1, 0.15) is 0 Å². The number of hydrogen-bond acceptors (Lipinski definition) is 3. The van der Waals surface area contributed by atoms with Gasteiger partial charge in [-0.2, -0.15) is 4.90 Å². The zero-order valence-electron chi connectivity index (χ0n) is 5.37. The summed E-state index contributed by atoms with van der Waals surface area (Å²) in [7, 11) is 0. The number of benzene rings is 1. The summed E-state index contributed by atoms with van der Waals surface area (Å²) in [6.45, 7) is 0. The summed E-state index contributed by atoms with van der Waals surface area (Å²) in [5.74, 6) is -1.22. The Bertz CT molecular complexity index is 262. The molecule has 59 valence electrons. The average Bonchev–Trinajstić information content (AvgIpc) is 1.88. The molecular formula is C7H4CoO2S.